The molecule has 0 aliphatic heterocycles. The molecule has 16 heavy (non-hydrogen) atoms. The quantitative estimate of drug-likeness (QED) is 0.845. The van der Waals surface area contributed by atoms with Crippen LogP contribution in [0.4, 0.5) is 0 Å². The fourth-order valence-corrected chi connectivity index (χ4v) is 1.82. The van der Waals surface area contributed by atoms with E-state index in [2.05, 4.69) is 21.2 Å². The van der Waals surface area contributed by atoms with Crippen molar-refractivity contribution in [2.45, 2.75) is 31.1 Å². The summed E-state index contributed by atoms with van der Waals surface area (Å²) in [6.07, 6.45) is 0.765. The molecule has 0 saturated carbocycles. The normalized spacial score (nSPS) is 14.2. The number of halogens is 2. The molecular formula is C12H15BrClNO. The van der Waals surface area contributed by atoms with Crippen molar-refractivity contribution in [3.05, 3.63) is 34.9 Å². The van der Waals surface area contributed by atoms with Crippen molar-refractivity contribution >= 4 is 33.4 Å². The number of rotatable bonds is 4. The minimum atomic E-state index is -0.141. The lowest BCUT2D eigenvalue weighted by molar-refractivity contribution is -0.121. The van der Waals surface area contributed by atoms with E-state index in [4.69, 9.17) is 11.6 Å². The first-order valence-corrected chi connectivity index (χ1v) is 6.54. The lowest BCUT2D eigenvalue weighted by Gasteiger charge is -2.17. The molecule has 0 aliphatic rings. The average Bonchev–Trinajstić information content (AvgIpc) is 2.28. The summed E-state index contributed by atoms with van der Waals surface area (Å²) in [5, 5.41) is 3.60. The zero-order valence-electron chi connectivity index (χ0n) is 9.34. The van der Waals surface area contributed by atoms with Crippen molar-refractivity contribution in [3.63, 3.8) is 0 Å². The predicted molar refractivity (Wildman–Crippen MR) is 71.0 cm³/mol. The molecule has 1 unspecified atom stereocenters. The summed E-state index contributed by atoms with van der Waals surface area (Å²) in [6, 6.07) is 7.45. The summed E-state index contributed by atoms with van der Waals surface area (Å²) >= 11 is 9.37. The number of amides is 1. The summed E-state index contributed by atoms with van der Waals surface area (Å²) in [5.41, 5.74) is 0.938. The standard InChI is InChI=1S/C12H15BrClNO/c1-3-10(13)12(16)15-8(2)9-6-4-5-7-11(9)14/h4-8,10H,3H2,1-2H3,(H,15,16)/t8-,10?/m1/s1. The molecule has 0 radical (unpaired) electrons. The van der Waals surface area contributed by atoms with E-state index in [1.165, 1.54) is 0 Å². The van der Waals surface area contributed by atoms with Gasteiger partial charge in [0, 0.05) is 5.02 Å². The van der Waals surface area contributed by atoms with E-state index >= 15 is 0 Å². The van der Waals surface area contributed by atoms with Crippen LogP contribution in [0.2, 0.25) is 5.02 Å². The van der Waals surface area contributed by atoms with Gasteiger partial charge in [-0.2, -0.15) is 0 Å². The van der Waals surface area contributed by atoms with Gasteiger partial charge in [0.25, 0.3) is 0 Å². The maximum atomic E-state index is 11.7. The Morgan fingerprint density at radius 3 is 2.69 bits per heavy atom. The Hall–Kier alpha value is -0.540. The monoisotopic (exact) mass is 303 g/mol. The van der Waals surface area contributed by atoms with Gasteiger partial charge in [-0.15, -0.1) is 0 Å². The van der Waals surface area contributed by atoms with Crippen LogP contribution in [0.25, 0.3) is 0 Å². The van der Waals surface area contributed by atoms with Crippen molar-refractivity contribution in [2.75, 3.05) is 0 Å². The lowest BCUT2D eigenvalue weighted by atomic mass is 10.1. The number of hydrogen-bond acceptors (Lipinski definition) is 1. The minimum absolute atomic E-state index is 0.00470. The van der Waals surface area contributed by atoms with Crippen LogP contribution in [0.5, 0.6) is 0 Å². The maximum absolute atomic E-state index is 11.7. The molecule has 0 aromatic heterocycles. The number of carbonyl (C=O) groups is 1. The Balaban J connectivity index is 2.69. The second-order valence-corrected chi connectivity index (χ2v) is 5.14. The lowest BCUT2D eigenvalue weighted by Crippen LogP contribution is -2.32. The first-order chi connectivity index (χ1) is 7.56. The smallest absolute Gasteiger partial charge is 0.234 e. The van der Waals surface area contributed by atoms with E-state index in [1.807, 2.05) is 38.1 Å². The van der Waals surface area contributed by atoms with Gasteiger partial charge < -0.3 is 5.32 Å². The summed E-state index contributed by atoms with van der Waals surface area (Å²) in [4.78, 5) is 11.5. The zero-order valence-corrected chi connectivity index (χ0v) is 11.7. The summed E-state index contributed by atoms with van der Waals surface area (Å²) in [5.74, 6) is -0.00470. The Morgan fingerprint density at radius 1 is 1.50 bits per heavy atom. The maximum Gasteiger partial charge on any atom is 0.234 e. The van der Waals surface area contributed by atoms with Gasteiger partial charge in [-0.05, 0) is 25.0 Å². The van der Waals surface area contributed by atoms with Gasteiger partial charge in [0.2, 0.25) is 5.91 Å². The number of carbonyl (C=O) groups excluding carboxylic acids is 1. The number of alkyl halides is 1. The van der Waals surface area contributed by atoms with Crippen LogP contribution in [0.3, 0.4) is 0 Å². The van der Waals surface area contributed by atoms with Gasteiger partial charge in [-0.3, -0.25) is 4.79 Å². The fraction of sp³-hybridized carbons (Fsp3) is 0.417. The van der Waals surface area contributed by atoms with Crippen LogP contribution in [0.1, 0.15) is 31.9 Å². The van der Waals surface area contributed by atoms with Crippen molar-refractivity contribution in [3.8, 4) is 0 Å². The summed E-state index contributed by atoms with van der Waals surface area (Å²) < 4.78 is 0. The molecule has 0 spiro atoms. The van der Waals surface area contributed by atoms with Crippen LogP contribution < -0.4 is 5.32 Å². The highest BCUT2D eigenvalue weighted by atomic mass is 79.9. The molecule has 88 valence electrons. The van der Waals surface area contributed by atoms with Crippen molar-refractivity contribution in [2.24, 2.45) is 0 Å². The highest BCUT2D eigenvalue weighted by Crippen LogP contribution is 2.22. The van der Waals surface area contributed by atoms with Crippen LogP contribution in [0.15, 0.2) is 24.3 Å². The first-order valence-electron chi connectivity index (χ1n) is 5.25. The molecule has 1 aromatic carbocycles. The van der Waals surface area contributed by atoms with E-state index in [-0.39, 0.29) is 16.8 Å². The molecule has 0 heterocycles. The van der Waals surface area contributed by atoms with Crippen molar-refractivity contribution < 1.29 is 4.79 Å². The Morgan fingerprint density at radius 2 is 2.12 bits per heavy atom. The number of benzene rings is 1. The van der Waals surface area contributed by atoms with E-state index in [9.17, 15) is 4.79 Å². The second-order valence-electron chi connectivity index (χ2n) is 3.63. The highest BCUT2D eigenvalue weighted by Gasteiger charge is 2.16. The van der Waals surface area contributed by atoms with Gasteiger partial charge >= 0.3 is 0 Å². The van der Waals surface area contributed by atoms with Crippen LogP contribution >= 0.6 is 27.5 Å². The molecule has 4 heteroatoms. The van der Waals surface area contributed by atoms with Crippen molar-refractivity contribution in [1.29, 1.82) is 0 Å². The van der Waals surface area contributed by atoms with Crippen LogP contribution in [-0.2, 0) is 4.79 Å². The molecule has 2 atom stereocenters. The summed E-state index contributed by atoms with van der Waals surface area (Å²) in [6.45, 7) is 3.88. The molecule has 1 amide bonds. The van der Waals surface area contributed by atoms with E-state index in [0.717, 1.165) is 12.0 Å². The number of hydrogen-bond donors (Lipinski definition) is 1. The first kappa shape index (κ1) is 13.5. The third-order valence-electron chi connectivity index (χ3n) is 2.37. The molecule has 1 aromatic rings. The third kappa shape index (κ3) is 3.49. The van der Waals surface area contributed by atoms with Gasteiger partial charge in [0.15, 0.2) is 0 Å². The Kier molecular flexibility index (Phi) is 5.29. The highest BCUT2D eigenvalue weighted by molar-refractivity contribution is 9.10. The van der Waals surface area contributed by atoms with Gasteiger partial charge in [0.1, 0.15) is 0 Å². The molecule has 0 saturated heterocycles. The van der Waals surface area contributed by atoms with Crippen molar-refractivity contribution in [1.82, 2.24) is 5.32 Å². The third-order valence-corrected chi connectivity index (χ3v) is 3.78. The van der Waals surface area contributed by atoms with E-state index in [1.54, 1.807) is 0 Å². The molecular weight excluding hydrogens is 289 g/mol. The van der Waals surface area contributed by atoms with Gasteiger partial charge in [-0.1, -0.05) is 52.7 Å². The molecule has 0 aliphatic carbocycles. The second kappa shape index (κ2) is 6.26. The van der Waals surface area contributed by atoms with E-state index < -0.39 is 0 Å². The van der Waals surface area contributed by atoms with Gasteiger partial charge in [-0.25, -0.2) is 0 Å². The molecule has 0 bridgehead atoms. The topological polar surface area (TPSA) is 29.1 Å². The van der Waals surface area contributed by atoms with Gasteiger partial charge in [0.05, 0.1) is 10.9 Å². The molecule has 0 fully saturated rings. The van der Waals surface area contributed by atoms with Crippen LogP contribution in [0, 0.1) is 0 Å². The predicted octanol–water partition coefficient (Wildman–Crippen LogP) is 3.69. The minimum Gasteiger partial charge on any atom is -0.349 e. The Bertz CT molecular complexity index is 370. The summed E-state index contributed by atoms with van der Waals surface area (Å²) in [7, 11) is 0. The Labute approximate surface area is 110 Å². The van der Waals surface area contributed by atoms with E-state index in [0.29, 0.717) is 5.02 Å². The molecule has 2 nitrogen and oxygen atoms in total. The zero-order chi connectivity index (χ0) is 12.1. The molecule has 1 rings (SSSR count). The van der Waals surface area contributed by atoms with Crippen LogP contribution in [-0.4, -0.2) is 10.7 Å². The number of nitrogens with one attached hydrogen (secondary N) is 1. The average molecular weight is 305 g/mol. The molecule has 1 N–H and O–H groups in total. The fourth-order valence-electron chi connectivity index (χ4n) is 1.39. The largest absolute Gasteiger partial charge is 0.349 e. The SMILES string of the molecule is CCC(Br)C(=O)N[C@H](C)c1ccccc1Cl.